The summed E-state index contributed by atoms with van der Waals surface area (Å²) in [4.78, 5) is 12.1. The second-order valence-corrected chi connectivity index (χ2v) is 8.52. The molecule has 0 aromatic heterocycles. The number of sulfonamides is 1. The first-order valence-electron chi connectivity index (χ1n) is 9.22. The van der Waals surface area contributed by atoms with Gasteiger partial charge in [-0.3, -0.25) is 9.52 Å². The van der Waals surface area contributed by atoms with E-state index in [1.54, 1.807) is 19.9 Å². The van der Waals surface area contributed by atoms with Gasteiger partial charge in [0, 0.05) is 11.4 Å². The number of benzene rings is 3. The molecule has 0 atom stereocenters. The Kier molecular flexibility index (Phi) is 6.55. The minimum Gasteiger partial charge on any atom is -0.483 e. The highest BCUT2D eigenvalue weighted by atomic mass is 32.2. The zero-order valence-corrected chi connectivity index (χ0v) is 17.6. The van der Waals surface area contributed by atoms with Gasteiger partial charge in [-0.1, -0.05) is 6.07 Å². The summed E-state index contributed by atoms with van der Waals surface area (Å²) in [6.07, 6.45) is 0. The molecule has 0 aliphatic rings. The Bertz CT molecular complexity index is 1210. The van der Waals surface area contributed by atoms with Crippen LogP contribution in [0.25, 0.3) is 0 Å². The van der Waals surface area contributed by atoms with Crippen LogP contribution in [0, 0.1) is 25.5 Å². The Morgan fingerprint density at radius 2 is 1.58 bits per heavy atom. The van der Waals surface area contributed by atoms with Crippen LogP contribution in [0.5, 0.6) is 5.75 Å². The van der Waals surface area contributed by atoms with E-state index in [4.69, 9.17) is 4.74 Å². The second-order valence-electron chi connectivity index (χ2n) is 6.84. The van der Waals surface area contributed by atoms with Gasteiger partial charge in [0.1, 0.15) is 17.4 Å². The molecule has 0 radical (unpaired) electrons. The quantitative estimate of drug-likeness (QED) is 0.564. The van der Waals surface area contributed by atoms with Crippen molar-refractivity contribution in [3.05, 3.63) is 83.4 Å². The van der Waals surface area contributed by atoms with Gasteiger partial charge in [-0.05, 0) is 79.6 Å². The van der Waals surface area contributed by atoms with Crippen molar-refractivity contribution in [2.24, 2.45) is 0 Å². The third-order valence-electron chi connectivity index (χ3n) is 4.39. The van der Waals surface area contributed by atoms with E-state index >= 15 is 0 Å². The van der Waals surface area contributed by atoms with Crippen molar-refractivity contribution in [3.8, 4) is 5.75 Å². The molecule has 3 rings (SSSR count). The van der Waals surface area contributed by atoms with E-state index in [-0.39, 0.29) is 17.2 Å². The maximum Gasteiger partial charge on any atom is 0.262 e. The molecular weight excluding hydrogens is 426 g/mol. The standard InChI is InChI=1S/C22H20F2N2O4S/c1-14-3-4-17(24)12-20(14)25-22(27)13-30-21-10-9-19(11-15(21)2)31(28,29)26-18-7-5-16(23)6-8-18/h3-12,26H,13H2,1-2H3,(H,25,27). The highest BCUT2D eigenvalue weighted by molar-refractivity contribution is 7.92. The van der Waals surface area contributed by atoms with Crippen molar-refractivity contribution in [1.29, 1.82) is 0 Å². The van der Waals surface area contributed by atoms with Gasteiger partial charge in [0.05, 0.1) is 4.90 Å². The summed E-state index contributed by atoms with van der Waals surface area (Å²) in [6.45, 7) is 3.04. The number of carbonyl (C=O) groups excluding carboxylic acids is 1. The number of hydrogen-bond donors (Lipinski definition) is 2. The summed E-state index contributed by atoms with van der Waals surface area (Å²) >= 11 is 0. The van der Waals surface area contributed by atoms with Crippen LogP contribution < -0.4 is 14.8 Å². The molecule has 0 heterocycles. The number of halogens is 2. The fourth-order valence-electron chi connectivity index (χ4n) is 2.74. The van der Waals surface area contributed by atoms with Gasteiger partial charge in [0.2, 0.25) is 0 Å². The number of hydrogen-bond acceptors (Lipinski definition) is 4. The van der Waals surface area contributed by atoms with Crippen LogP contribution in [0.1, 0.15) is 11.1 Å². The molecule has 162 valence electrons. The molecule has 0 aliphatic heterocycles. The predicted octanol–water partition coefficient (Wildman–Crippen LogP) is 4.40. The van der Waals surface area contributed by atoms with Crippen LogP contribution >= 0.6 is 0 Å². The highest BCUT2D eigenvalue weighted by Gasteiger charge is 2.16. The summed E-state index contributed by atoms with van der Waals surface area (Å²) in [5, 5.41) is 2.57. The van der Waals surface area contributed by atoms with E-state index in [2.05, 4.69) is 10.0 Å². The normalized spacial score (nSPS) is 11.1. The van der Waals surface area contributed by atoms with Gasteiger partial charge in [-0.15, -0.1) is 0 Å². The zero-order valence-electron chi connectivity index (χ0n) is 16.8. The number of nitrogens with one attached hydrogen (secondary N) is 2. The SMILES string of the molecule is Cc1ccc(F)cc1NC(=O)COc1ccc(S(=O)(=O)Nc2ccc(F)cc2)cc1C. The summed E-state index contributed by atoms with van der Waals surface area (Å²) in [7, 11) is -3.89. The second kappa shape index (κ2) is 9.13. The topological polar surface area (TPSA) is 84.5 Å². The number of ether oxygens (including phenoxy) is 1. The molecule has 0 saturated heterocycles. The molecule has 0 saturated carbocycles. The molecule has 9 heteroatoms. The maximum absolute atomic E-state index is 13.3. The Morgan fingerprint density at radius 3 is 2.26 bits per heavy atom. The van der Waals surface area contributed by atoms with Gasteiger partial charge >= 0.3 is 0 Å². The van der Waals surface area contributed by atoms with Crippen molar-refractivity contribution in [2.75, 3.05) is 16.6 Å². The minimum atomic E-state index is -3.89. The van der Waals surface area contributed by atoms with E-state index in [0.717, 1.165) is 12.1 Å². The van der Waals surface area contributed by atoms with E-state index in [9.17, 15) is 22.0 Å². The van der Waals surface area contributed by atoms with Gasteiger partial charge in [0.15, 0.2) is 6.61 Å². The molecule has 3 aromatic carbocycles. The number of carbonyl (C=O) groups is 1. The van der Waals surface area contributed by atoms with E-state index < -0.39 is 27.6 Å². The number of rotatable bonds is 7. The van der Waals surface area contributed by atoms with Crippen LogP contribution in [-0.2, 0) is 14.8 Å². The summed E-state index contributed by atoms with van der Waals surface area (Å²) in [5.74, 6) is -1.10. The van der Waals surface area contributed by atoms with Crippen LogP contribution in [0.4, 0.5) is 20.2 Å². The fraction of sp³-hybridized carbons (Fsp3) is 0.136. The Morgan fingerprint density at radius 1 is 0.903 bits per heavy atom. The lowest BCUT2D eigenvalue weighted by molar-refractivity contribution is -0.118. The molecular formula is C22H20F2N2O4S. The van der Waals surface area contributed by atoms with E-state index in [1.165, 1.54) is 42.5 Å². The van der Waals surface area contributed by atoms with E-state index in [1.807, 2.05) is 0 Å². The van der Waals surface area contributed by atoms with Crippen LogP contribution in [0.3, 0.4) is 0 Å². The largest absolute Gasteiger partial charge is 0.483 e. The van der Waals surface area contributed by atoms with Gasteiger partial charge in [-0.25, -0.2) is 17.2 Å². The zero-order chi connectivity index (χ0) is 22.6. The molecule has 2 N–H and O–H groups in total. The monoisotopic (exact) mass is 446 g/mol. The summed E-state index contributed by atoms with van der Waals surface area (Å²) < 4.78 is 59.2. The molecule has 0 fully saturated rings. The lowest BCUT2D eigenvalue weighted by atomic mass is 10.2. The van der Waals surface area contributed by atoms with Crippen molar-refractivity contribution >= 4 is 27.3 Å². The Hall–Kier alpha value is -3.46. The van der Waals surface area contributed by atoms with E-state index in [0.29, 0.717) is 22.6 Å². The summed E-state index contributed by atoms with van der Waals surface area (Å²) in [5.41, 5.74) is 1.77. The first-order valence-corrected chi connectivity index (χ1v) is 10.7. The lowest BCUT2D eigenvalue weighted by Gasteiger charge is -2.13. The molecule has 0 aliphatic carbocycles. The van der Waals surface area contributed by atoms with Gasteiger partial charge < -0.3 is 10.1 Å². The maximum atomic E-state index is 13.3. The van der Waals surface area contributed by atoms with Gasteiger partial charge in [0.25, 0.3) is 15.9 Å². The van der Waals surface area contributed by atoms with Crippen LogP contribution in [-0.4, -0.2) is 20.9 Å². The number of aryl methyl sites for hydroxylation is 2. The first-order chi connectivity index (χ1) is 14.6. The Labute approximate surface area is 178 Å². The summed E-state index contributed by atoms with van der Waals surface area (Å²) in [6, 6.07) is 13.2. The molecule has 31 heavy (non-hydrogen) atoms. The lowest BCUT2D eigenvalue weighted by Crippen LogP contribution is -2.21. The highest BCUT2D eigenvalue weighted by Crippen LogP contribution is 2.24. The fourth-order valence-corrected chi connectivity index (χ4v) is 3.88. The predicted molar refractivity (Wildman–Crippen MR) is 114 cm³/mol. The van der Waals surface area contributed by atoms with Crippen LogP contribution in [0.2, 0.25) is 0 Å². The third-order valence-corrected chi connectivity index (χ3v) is 5.76. The molecule has 0 spiro atoms. The number of anilines is 2. The molecule has 6 nitrogen and oxygen atoms in total. The van der Waals surface area contributed by atoms with Crippen molar-refractivity contribution in [2.45, 2.75) is 18.7 Å². The average Bonchev–Trinajstić information content (AvgIpc) is 2.71. The van der Waals surface area contributed by atoms with Crippen LogP contribution in [0.15, 0.2) is 65.6 Å². The Balaban J connectivity index is 1.65. The molecule has 0 bridgehead atoms. The van der Waals surface area contributed by atoms with Crippen molar-refractivity contribution in [1.82, 2.24) is 0 Å². The molecule has 3 aromatic rings. The molecule has 0 unspecified atom stereocenters. The smallest absolute Gasteiger partial charge is 0.262 e. The van der Waals surface area contributed by atoms with Gasteiger partial charge in [-0.2, -0.15) is 0 Å². The van der Waals surface area contributed by atoms with Crippen molar-refractivity contribution in [3.63, 3.8) is 0 Å². The molecule has 1 amide bonds. The minimum absolute atomic E-state index is 0.0125. The third kappa shape index (κ3) is 5.79. The number of amides is 1. The average molecular weight is 446 g/mol. The first kappa shape index (κ1) is 22.2. The van der Waals surface area contributed by atoms with Crippen molar-refractivity contribution < 1.29 is 26.7 Å².